The van der Waals surface area contributed by atoms with Crippen LogP contribution < -0.4 is 0 Å². The quantitative estimate of drug-likeness (QED) is 0.867. The largest absolute Gasteiger partial charge is 0.336 e. The van der Waals surface area contributed by atoms with E-state index in [0.717, 1.165) is 36.4 Å². The third-order valence-corrected chi connectivity index (χ3v) is 4.56. The summed E-state index contributed by atoms with van der Waals surface area (Å²) in [4.78, 5) is 18.6. The van der Waals surface area contributed by atoms with Crippen molar-refractivity contribution in [3.8, 4) is 0 Å². The zero-order valence-electron chi connectivity index (χ0n) is 11.5. The minimum Gasteiger partial charge on any atom is -0.336 e. The lowest BCUT2D eigenvalue weighted by Gasteiger charge is -2.23. The molecule has 1 fully saturated rings. The fraction of sp³-hybridized carbons (Fsp3) is 0.500. The summed E-state index contributed by atoms with van der Waals surface area (Å²) in [6.07, 6.45) is 9.07. The molecule has 1 aliphatic rings. The van der Waals surface area contributed by atoms with E-state index in [-0.39, 0.29) is 11.9 Å². The van der Waals surface area contributed by atoms with Crippen LogP contribution in [0.4, 0.5) is 0 Å². The molecule has 1 saturated heterocycles. The summed E-state index contributed by atoms with van der Waals surface area (Å²) in [7, 11) is 1.91. The van der Waals surface area contributed by atoms with E-state index in [2.05, 4.69) is 10.1 Å². The van der Waals surface area contributed by atoms with E-state index in [1.54, 1.807) is 22.2 Å². The van der Waals surface area contributed by atoms with Gasteiger partial charge in [0, 0.05) is 49.8 Å². The molecule has 1 atom stereocenters. The van der Waals surface area contributed by atoms with Gasteiger partial charge < -0.3 is 4.90 Å². The Kier molecular flexibility index (Phi) is 3.82. The molecule has 2 aromatic heterocycles. The van der Waals surface area contributed by atoms with Crippen LogP contribution in [0.1, 0.15) is 35.9 Å². The number of carbonyl (C=O) groups is 1. The Morgan fingerprint density at radius 3 is 3.15 bits per heavy atom. The van der Waals surface area contributed by atoms with Gasteiger partial charge in [0.15, 0.2) is 0 Å². The number of amides is 1. The molecule has 5 nitrogen and oxygen atoms in total. The van der Waals surface area contributed by atoms with Crippen molar-refractivity contribution >= 4 is 17.2 Å². The number of aryl methyl sites for hydroxylation is 2. The second kappa shape index (κ2) is 5.75. The van der Waals surface area contributed by atoms with Crippen molar-refractivity contribution in [1.29, 1.82) is 0 Å². The fourth-order valence-electron chi connectivity index (χ4n) is 2.76. The molecule has 0 aromatic carbocycles. The minimum absolute atomic E-state index is 0.201. The molecule has 0 aliphatic carbocycles. The van der Waals surface area contributed by atoms with Crippen LogP contribution in [0.25, 0.3) is 0 Å². The number of thiazole rings is 1. The topological polar surface area (TPSA) is 51.0 Å². The van der Waals surface area contributed by atoms with Gasteiger partial charge in [0.1, 0.15) is 0 Å². The SMILES string of the molecule is Cn1cc([C@H]2CCCN2C(=O)CCc2nccs2)cn1. The van der Waals surface area contributed by atoms with Gasteiger partial charge in [-0.05, 0) is 12.8 Å². The first-order valence-corrected chi connectivity index (χ1v) is 7.78. The van der Waals surface area contributed by atoms with E-state index >= 15 is 0 Å². The Labute approximate surface area is 122 Å². The number of hydrogen-bond donors (Lipinski definition) is 0. The molecule has 2 aromatic rings. The molecular weight excluding hydrogens is 272 g/mol. The van der Waals surface area contributed by atoms with Crippen molar-refractivity contribution in [3.05, 3.63) is 34.5 Å². The van der Waals surface area contributed by atoms with Crippen LogP contribution in [0.15, 0.2) is 24.0 Å². The lowest BCUT2D eigenvalue weighted by Crippen LogP contribution is -2.30. The summed E-state index contributed by atoms with van der Waals surface area (Å²) in [5.41, 5.74) is 1.15. The number of aromatic nitrogens is 3. The van der Waals surface area contributed by atoms with Crippen molar-refractivity contribution in [2.75, 3.05) is 6.54 Å². The second-order valence-electron chi connectivity index (χ2n) is 5.12. The first-order chi connectivity index (χ1) is 9.74. The summed E-state index contributed by atoms with van der Waals surface area (Å²) in [5.74, 6) is 0.228. The smallest absolute Gasteiger partial charge is 0.223 e. The maximum atomic E-state index is 12.4. The van der Waals surface area contributed by atoms with E-state index in [1.165, 1.54) is 0 Å². The van der Waals surface area contributed by atoms with Gasteiger partial charge in [0.2, 0.25) is 5.91 Å². The molecule has 0 spiro atoms. The summed E-state index contributed by atoms with van der Waals surface area (Å²) in [6.45, 7) is 0.857. The molecule has 20 heavy (non-hydrogen) atoms. The molecule has 0 N–H and O–H groups in total. The monoisotopic (exact) mass is 290 g/mol. The summed E-state index contributed by atoms with van der Waals surface area (Å²) >= 11 is 1.61. The van der Waals surface area contributed by atoms with E-state index in [1.807, 2.05) is 29.7 Å². The molecule has 3 heterocycles. The van der Waals surface area contributed by atoms with E-state index in [9.17, 15) is 4.79 Å². The van der Waals surface area contributed by atoms with Gasteiger partial charge in [-0.1, -0.05) is 0 Å². The average Bonchev–Trinajstić information content (AvgIpc) is 3.16. The number of nitrogens with zero attached hydrogens (tertiary/aromatic N) is 4. The highest BCUT2D eigenvalue weighted by Gasteiger charge is 2.30. The fourth-order valence-corrected chi connectivity index (χ4v) is 3.38. The van der Waals surface area contributed by atoms with Crippen molar-refractivity contribution in [1.82, 2.24) is 19.7 Å². The van der Waals surface area contributed by atoms with Gasteiger partial charge in [-0.25, -0.2) is 4.98 Å². The zero-order valence-corrected chi connectivity index (χ0v) is 12.3. The maximum Gasteiger partial charge on any atom is 0.223 e. The molecule has 3 rings (SSSR count). The van der Waals surface area contributed by atoms with Crippen LogP contribution in [-0.4, -0.2) is 32.1 Å². The number of hydrogen-bond acceptors (Lipinski definition) is 4. The lowest BCUT2D eigenvalue weighted by atomic mass is 10.1. The molecule has 0 unspecified atom stereocenters. The van der Waals surface area contributed by atoms with Crippen LogP contribution in [0.5, 0.6) is 0 Å². The minimum atomic E-state index is 0.201. The number of carbonyl (C=O) groups excluding carboxylic acids is 1. The lowest BCUT2D eigenvalue weighted by molar-refractivity contribution is -0.132. The predicted octanol–water partition coefficient (Wildman–Crippen LogP) is 2.17. The molecule has 106 valence electrons. The number of rotatable bonds is 4. The van der Waals surface area contributed by atoms with Crippen molar-refractivity contribution in [3.63, 3.8) is 0 Å². The van der Waals surface area contributed by atoms with Crippen LogP contribution in [0.3, 0.4) is 0 Å². The first-order valence-electron chi connectivity index (χ1n) is 6.90. The first kappa shape index (κ1) is 13.3. The highest BCUT2D eigenvalue weighted by molar-refractivity contribution is 7.09. The van der Waals surface area contributed by atoms with Gasteiger partial charge in [-0.15, -0.1) is 11.3 Å². The average molecular weight is 290 g/mol. The van der Waals surface area contributed by atoms with Gasteiger partial charge in [-0.3, -0.25) is 9.48 Å². The number of likely N-dealkylation sites (tertiary alicyclic amines) is 1. The van der Waals surface area contributed by atoms with Crippen LogP contribution in [-0.2, 0) is 18.3 Å². The third kappa shape index (κ3) is 2.75. The van der Waals surface area contributed by atoms with Crippen molar-refractivity contribution in [2.45, 2.75) is 31.7 Å². The molecule has 0 bridgehead atoms. The van der Waals surface area contributed by atoms with E-state index in [0.29, 0.717) is 6.42 Å². The van der Waals surface area contributed by atoms with E-state index in [4.69, 9.17) is 0 Å². The molecule has 0 saturated carbocycles. The Balaban J connectivity index is 1.64. The third-order valence-electron chi connectivity index (χ3n) is 3.72. The van der Waals surface area contributed by atoms with Crippen LogP contribution in [0.2, 0.25) is 0 Å². The Bertz CT molecular complexity index is 578. The second-order valence-corrected chi connectivity index (χ2v) is 6.10. The Morgan fingerprint density at radius 1 is 1.55 bits per heavy atom. The van der Waals surface area contributed by atoms with E-state index < -0.39 is 0 Å². The van der Waals surface area contributed by atoms with Gasteiger partial charge in [0.25, 0.3) is 0 Å². The highest BCUT2D eigenvalue weighted by Crippen LogP contribution is 2.32. The summed E-state index contributed by atoms with van der Waals surface area (Å²) in [5, 5.41) is 7.20. The molecule has 6 heteroatoms. The van der Waals surface area contributed by atoms with Gasteiger partial charge in [0.05, 0.1) is 17.2 Å². The Hall–Kier alpha value is -1.69. The predicted molar refractivity (Wildman–Crippen MR) is 77.3 cm³/mol. The van der Waals surface area contributed by atoms with Crippen molar-refractivity contribution < 1.29 is 4.79 Å². The maximum absolute atomic E-state index is 12.4. The van der Waals surface area contributed by atoms with Crippen LogP contribution in [0, 0.1) is 0 Å². The summed E-state index contributed by atoms with van der Waals surface area (Å²) in [6, 6.07) is 0.201. The standard InChI is InChI=1S/C14H18N4OS/c1-17-10-11(9-16-17)12-3-2-7-18(12)14(19)5-4-13-15-6-8-20-13/h6,8-10,12H,2-5,7H2,1H3/t12-/m1/s1. The Morgan fingerprint density at radius 2 is 2.45 bits per heavy atom. The molecular formula is C14H18N4OS. The van der Waals surface area contributed by atoms with Crippen molar-refractivity contribution in [2.24, 2.45) is 7.05 Å². The molecule has 1 amide bonds. The highest BCUT2D eigenvalue weighted by atomic mass is 32.1. The van der Waals surface area contributed by atoms with Gasteiger partial charge in [-0.2, -0.15) is 5.10 Å². The summed E-state index contributed by atoms with van der Waals surface area (Å²) < 4.78 is 1.80. The normalized spacial score (nSPS) is 18.6. The van der Waals surface area contributed by atoms with Gasteiger partial charge >= 0.3 is 0 Å². The zero-order chi connectivity index (χ0) is 13.9. The molecule has 1 aliphatic heterocycles. The molecule has 0 radical (unpaired) electrons. The van der Waals surface area contributed by atoms with Crippen LogP contribution >= 0.6 is 11.3 Å².